The van der Waals surface area contributed by atoms with E-state index in [0.717, 1.165) is 19.2 Å². The number of benzene rings is 1. The number of hydrogen-bond donors (Lipinski definition) is 1. The van der Waals surface area contributed by atoms with E-state index in [4.69, 9.17) is 5.11 Å². The van der Waals surface area contributed by atoms with Crippen molar-refractivity contribution >= 4 is 0 Å². The van der Waals surface area contributed by atoms with Crippen molar-refractivity contribution in [2.24, 2.45) is 0 Å². The number of likely N-dealkylation sites (N-methyl/N-ethyl adjacent to an activating group) is 1. The van der Waals surface area contributed by atoms with Gasteiger partial charge in [0.1, 0.15) is 0 Å². The van der Waals surface area contributed by atoms with Crippen LogP contribution in [0.25, 0.3) is 0 Å². The lowest BCUT2D eigenvalue weighted by Crippen LogP contribution is -2.51. The SMILES string of the molecule is CN1CCN(Cc2ccccc2C(F)(F)F)C[C@H]1CCO. The van der Waals surface area contributed by atoms with Gasteiger partial charge in [-0.3, -0.25) is 4.90 Å². The summed E-state index contributed by atoms with van der Waals surface area (Å²) in [6, 6.07) is 5.94. The third-order valence-corrected chi connectivity index (χ3v) is 4.04. The quantitative estimate of drug-likeness (QED) is 0.924. The standard InChI is InChI=1S/C15H21F3N2O/c1-19-7-8-20(11-13(19)6-9-21)10-12-4-2-3-5-14(12)15(16,17)18/h2-5,13,21H,6-11H2,1H3/t13-/m1/s1. The van der Waals surface area contributed by atoms with Crippen molar-refractivity contribution in [3.05, 3.63) is 35.4 Å². The summed E-state index contributed by atoms with van der Waals surface area (Å²) in [6.07, 6.45) is -3.67. The Morgan fingerprint density at radius 2 is 1.95 bits per heavy atom. The molecule has 3 nitrogen and oxygen atoms in total. The van der Waals surface area contributed by atoms with Crippen molar-refractivity contribution in [3.8, 4) is 0 Å². The molecule has 6 heteroatoms. The van der Waals surface area contributed by atoms with Crippen molar-refractivity contribution in [3.63, 3.8) is 0 Å². The van der Waals surface area contributed by atoms with Gasteiger partial charge in [-0.2, -0.15) is 13.2 Å². The Bertz CT molecular complexity index is 464. The molecule has 1 fully saturated rings. The third kappa shape index (κ3) is 4.18. The van der Waals surface area contributed by atoms with Crippen LogP contribution in [0.5, 0.6) is 0 Å². The molecule has 0 saturated carbocycles. The Hall–Kier alpha value is -1.11. The second kappa shape index (κ2) is 6.77. The average Bonchev–Trinajstić information content (AvgIpc) is 2.42. The zero-order chi connectivity index (χ0) is 15.5. The highest BCUT2D eigenvalue weighted by atomic mass is 19.4. The van der Waals surface area contributed by atoms with Crippen LogP contribution in [0.1, 0.15) is 17.5 Å². The highest BCUT2D eigenvalue weighted by Gasteiger charge is 2.33. The Kier molecular flexibility index (Phi) is 5.24. The minimum atomic E-state index is -4.31. The van der Waals surface area contributed by atoms with E-state index in [1.165, 1.54) is 6.07 Å². The third-order valence-electron chi connectivity index (χ3n) is 4.04. The molecule has 118 valence electrons. The van der Waals surface area contributed by atoms with Gasteiger partial charge in [-0.15, -0.1) is 0 Å². The molecule has 1 N–H and O–H groups in total. The molecule has 1 saturated heterocycles. The van der Waals surface area contributed by atoms with Crippen LogP contribution in [0.3, 0.4) is 0 Å². The van der Waals surface area contributed by atoms with Crippen LogP contribution in [0, 0.1) is 0 Å². The predicted molar refractivity (Wildman–Crippen MR) is 74.8 cm³/mol. The molecule has 1 aromatic carbocycles. The lowest BCUT2D eigenvalue weighted by atomic mass is 10.0. The van der Waals surface area contributed by atoms with Gasteiger partial charge in [-0.25, -0.2) is 0 Å². The maximum atomic E-state index is 13.0. The van der Waals surface area contributed by atoms with Crippen LogP contribution in [-0.4, -0.2) is 54.2 Å². The number of aliphatic hydroxyl groups is 1. The molecule has 0 radical (unpaired) electrons. The van der Waals surface area contributed by atoms with Gasteiger partial charge in [0.2, 0.25) is 0 Å². The largest absolute Gasteiger partial charge is 0.416 e. The normalized spacial score (nSPS) is 21.7. The molecule has 2 rings (SSSR count). The molecule has 1 aromatic rings. The number of piperazine rings is 1. The van der Waals surface area contributed by atoms with Crippen molar-refractivity contribution in [2.75, 3.05) is 33.3 Å². The Balaban J connectivity index is 2.08. The summed E-state index contributed by atoms with van der Waals surface area (Å²) in [5, 5.41) is 9.07. The Morgan fingerprint density at radius 3 is 2.62 bits per heavy atom. The fourth-order valence-electron chi connectivity index (χ4n) is 2.79. The van der Waals surface area contributed by atoms with Gasteiger partial charge in [-0.1, -0.05) is 18.2 Å². The molecule has 0 spiro atoms. The van der Waals surface area contributed by atoms with Crippen LogP contribution in [0.4, 0.5) is 13.2 Å². The van der Waals surface area contributed by atoms with Crippen LogP contribution < -0.4 is 0 Å². The fraction of sp³-hybridized carbons (Fsp3) is 0.600. The van der Waals surface area contributed by atoms with Crippen LogP contribution in [-0.2, 0) is 12.7 Å². The molecule has 21 heavy (non-hydrogen) atoms. The molecule has 0 unspecified atom stereocenters. The fourth-order valence-corrected chi connectivity index (χ4v) is 2.79. The first-order chi connectivity index (χ1) is 9.91. The summed E-state index contributed by atoms with van der Waals surface area (Å²) in [5.74, 6) is 0. The average molecular weight is 302 g/mol. The number of halogens is 3. The van der Waals surface area contributed by atoms with E-state index in [-0.39, 0.29) is 12.6 Å². The van der Waals surface area contributed by atoms with Gasteiger partial charge in [0.15, 0.2) is 0 Å². The van der Waals surface area contributed by atoms with Crippen molar-refractivity contribution < 1.29 is 18.3 Å². The van der Waals surface area contributed by atoms with Gasteiger partial charge in [0.25, 0.3) is 0 Å². The first-order valence-electron chi connectivity index (χ1n) is 7.10. The molecular weight excluding hydrogens is 281 g/mol. The molecule has 0 aliphatic carbocycles. The van der Waals surface area contributed by atoms with Gasteiger partial charge >= 0.3 is 6.18 Å². The second-order valence-electron chi connectivity index (χ2n) is 5.54. The van der Waals surface area contributed by atoms with E-state index in [2.05, 4.69) is 4.90 Å². The monoisotopic (exact) mass is 302 g/mol. The van der Waals surface area contributed by atoms with E-state index < -0.39 is 11.7 Å². The maximum Gasteiger partial charge on any atom is 0.416 e. The lowest BCUT2D eigenvalue weighted by molar-refractivity contribution is -0.138. The van der Waals surface area contributed by atoms with E-state index in [1.54, 1.807) is 12.1 Å². The Morgan fingerprint density at radius 1 is 1.24 bits per heavy atom. The van der Waals surface area contributed by atoms with Crippen molar-refractivity contribution in [1.29, 1.82) is 0 Å². The summed E-state index contributed by atoms with van der Waals surface area (Å²) in [4.78, 5) is 4.19. The zero-order valence-electron chi connectivity index (χ0n) is 12.1. The second-order valence-corrected chi connectivity index (χ2v) is 5.54. The zero-order valence-corrected chi connectivity index (χ0v) is 12.1. The highest BCUT2D eigenvalue weighted by molar-refractivity contribution is 5.29. The van der Waals surface area contributed by atoms with E-state index in [0.29, 0.717) is 25.1 Å². The summed E-state index contributed by atoms with van der Waals surface area (Å²) in [5.41, 5.74) is -0.236. The summed E-state index contributed by atoms with van der Waals surface area (Å²) in [6.45, 7) is 2.63. The van der Waals surface area contributed by atoms with Gasteiger partial charge < -0.3 is 10.0 Å². The summed E-state index contributed by atoms with van der Waals surface area (Å²) >= 11 is 0. The summed E-state index contributed by atoms with van der Waals surface area (Å²) in [7, 11) is 1.99. The van der Waals surface area contributed by atoms with Gasteiger partial charge in [0.05, 0.1) is 5.56 Å². The number of nitrogens with zero attached hydrogens (tertiary/aromatic N) is 2. The van der Waals surface area contributed by atoms with E-state index in [1.807, 2.05) is 11.9 Å². The molecular formula is C15H21F3N2O. The maximum absolute atomic E-state index is 13.0. The first-order valence-corrected chi connectivity index (χ1v) is 7.10. The first kappa shape index (κ1) is 16.3. The number of rotatable bonds is 4. The van der Waals surface area contributed by atoms with Crippen LogP contribution in [0.2, 0.25) is 0 Å². The van der Waals surface area contributed by atoms with E-state index >= 15 is 0 Å². The van der Waals surface area contributed by atoms with Crippen LogP contribution >= 0.6 is 0 Å². The minimum Gasteiger partial charge on any atom is -0.396 e. The molecule has 0 aromatic heterocycles. The van der Waals surface area contributed by atoms with E-state index in [9.17, 15) is 13.2 Å². The molecule has 1 heterocycles. The smallest absolute Gasteiger partial charge is 0.396 e. The molecule has 0 amide bonds. The topological polar surface area (TPSA) is 26.7 Å². The highest BCUT2D eigenvalue weighted by Crippen LogP contribution is 2.32. The van der Waals surface area contributed by atoms with Gasteiger partial charge in [-0.05, 0) is 25.1 Å². The molecule has 1 aliphatic heterocycles. The predicted octanol–water partition coefficient (Wildman–Crippen LogP) is 2.20. The van der Waals surface area contributed by atoms with Crippen molar-refractivity contribution in [1.82, 2.24) is 9.80 Å². The molecule has 1 atom stereocenters. The van der Waals surface area contributed by atoms with Crippen LogP contribution in [0.15, 0.2) is 24.3 Å². The summed E-state index contributed by atoms with van der Waals surface area (Å²) < 4.78 is 39.0. The molecule has 1 aliphatic rings. The number of alkyl halides is 3. The minimum absolute atomic E-state index is 0.0992. The van der Waals surface area contributed by atoms with Crippen molar-refractivity contribution in [2.45, 2.75) is 25.2 Å². The lowest BCUT2D eigenvalue weighted by Gasteiger charge is -2.39. The Labute approximate surface area is 123 Å². The van der Waals surface area contributed by atoms with Gasteiger partial charge in [0, 0.05) is 38.8 Å². The number of hydrogen-bond acceptors (Lipinski definition) is 3. The number of aliphatic hydroxyl groups excluding tert-OH is 1. The molecule has 0 bridgehead atoms.